The molecule has 1 aromatic rings. The molecule has 1 N–H and O–H groups in total. The maximum absolute atomic E-state index is 13.1. The quantitative estimate of drug-likeness (QED) is 0.859. The maximum atomic E-state index is 13.1. The van der Waals surface area contributed by atoms with Crippen molar-refractivity contribution in [3.8, 4) is 0 Å². The first kappa shape index (κ1) is 18.3. The number of piperazine rings is 1. The van der Waals surface area contributed by atoms with Crippen LogP contribution in [0.4, 0.5) is 10.5 Å². The molecule has 4 saturated carbocycles. The molecule has 2 amide bonds. The lowest BCUT2D eigenvalue weighted by molar-refractivity contribution is -0.0727. The van der Waals surface area contributed by atoms with Crippen molar-refractivity contribution in [1.82, 2.24) is 15.2 Å². The summed E-state index contributed by atoms with van der Waals surface area (Å²) in [7, 11) is 0. The lowest BCUT2D eigenvalue weighted by Gasteiger charge is -2.59. The van der Waals surface area contributed by atoms with Crippen LogP contribution in [0.25, 0.3) is 0 Å². The summed E-state index contributed by atoms with van der Waals surface area (Å²) in [5.41, 5.74) is 1.59. The van der Waals surface area contributed by atoms with E-state index in [1.165, 1.54) is 44.2 Å². The molecule has 4 bridgehead atoms. The van der Waals surface area contributed by atoms with Crippen molar-refractivity contribution in [1.29, 1.82) is 0 Å². The average molecular weight is 383 g/mol. The van der Waals surface area contributed by atoms with Gasteiger partial charge in [0.1, 0.15) is 0 Å². The van der Waals surface area contributed by atoms with E-state index >= 15 is 0 Å². The van der Waals surface area contributed by atoms with Gasteiger partial charge in [0.05, 0.1) is 0 Å². The number of amides is 2. The van der Waals surface area contributed by atoms with E-state index < -0.39 is 0 Å². The molecule has 1 unspecified atom stereocenters. The number of hydrogen-bond donors (Lipinski definition) is 1. The van der Waals surface area contributed by atoms with Gasteiger partial charge >= 0.3 is 6.03 Å². The number of carbonyl (C=O) groups excluding carboxylic acids is 1. The number of nitrogens with zero attached hydrogens (tertiary/aromatic N) is 3. The van der Waals surface area contributed by atoms with Crippen LogP contribution in [0.2, 0.25) is 0 Å². The van der Waals surface area contributed by atoms with Gasteiger partial charge in [0.15, 0.2) is 0 Å². The fourth-order valence-electron chi connectivity index (χ4n) is 7.26. The van der Waals surface area contributed by atoms with Crippen LogP contribution in [0.5, 0.6) is 0 Å². The SMILES string of the molecule is CCC(NC(=O)N1CCN(c2ccncc2)CC1)C12CC3CC(CC(C3)C1)C2. The van der Waals surface area contributed by atoms with Gasteiger partial charge < -0.3 is 15.1 Å². The Kier molecular flexibility index (Phi) is 4.72. The van der Waals surface area contributed by atoms with Crippen molar-refractivity contribution < 1.29 is 4.79 Å². The van der Waals surface area contributed by atoms with Gasteiger partial charge in [0.2, 0.25) is 0 Å². The van der Waals surface area contributed by atoms with Gasteiger partial charge in [-0.3, -0.25) is 4.98 Å². The van der Waals surface area contributed by atoms with Gasteiger partial charge in [-0.05, 0) is 80.2 Å². The van der Waals surface area contributed by atoms with Gasteiger partial charge in [0.25, 0.3) is 0 Å². The molecule has 1 atom stereocenters. The van der Waals surface area contributed by atoms with Gasteiger partial charge in [0, 0.05) is 50.3 Å². The summed E-state index contributed by atoms with van der Waals surface area (Å²) in [6, 6.07) is 4.62. The molecule has 0 spiro atoms. The van der Waals surface area contributed by atoms with Crippen molar-refractivity contribution in [3.63, 3.8) is 0 Å². The van der Waals surface area contributed by atoms with Crippen LogP contribution < -0.4 is 10.2 Å². The first-order valence-corrected chi connectivity index (χ1v) is 11.4. The Labute approximate surface area is 168 Å². The minimum Gasteiger partial charge on any atom is -0.368 e. The Hall–Kier alpha value is -1.78. The number of anilines is 1. The third-order valence-electron chi connectivity index (χ3n) is 8.13. The van der Waals surface area contributed by atoms with Crippen LogP contribution in [0.1, 0.15) is 51.9 Å². The van der Waals surface area contributed by atoms with E-state index in [0.29, 0.717) is 11.5 Å². The molecule has 1 saturated heterocycles. The van der Waals surface area contributed by atoms with Crippen LogP contribution in [0.15, 0.2) is 24.5 Å². The summed E-state index contributed by atoms with van der Waals surface area (Å²) in [6.07, 6.45) is 13.2. The first-order chi connectivity index (χ1) is 13.6. The molecule has 5 heteroatoms. The van der Waals surface area contributed by atoms with Crippen LogP contribution in [0, 0.1) is 23.2 Å². The highest BCUT2D eigenvalue weighted by Gasteiger charge is 2.54. The standard InChI is InChI=1S/C23H34N4O/c1-2-21(23-14-17-11-18(15-23)13-19(12-17)16-23)25-22(28)27-9-7-26(8-10-27)20-3-5-24-6-4-20/h3-6,17-19,21H,2,7-16H2,1H3,(H,25,28). The lowest BCUT2D eigenvalue weighted by Crippen LogP contribution is -2.60. The smallest absolute Gasteiger partial charge is 0.317 e. The summed E-state index contributed by atoms with van der Waals surface area (Å²) >= 11 is 0. The summed E-state index contributed by atoms with van der Waals surface area (Å²) in [5.74, 6) is 2.79. The molecule has 1 aliphatic heterocycles. The summed E-state index contributed by atoms with van der Waals surface area (Å²) in [6.45, 7) is 5.65. The molecule has 4 aliphatic carbocycles. The molecule has 1 aromatic heterocycles. The van der Waals surface area contributed by atoms with E-state index in [-0.39, 0.29) is 6.03 Å². The molecule has 2 heterocycles. The minimum absolute atomic E-state index is 0.164. The van der Waals surface area contributed by atoms with E-state index in [1.54, 1.807) is 0 Å². The first-order valence-electron chi connectivity index (χ1n) is 11.4. The third kappa shape index (κ3) is 3.27. The van der Waals surface area contributed by atoms with Crippen molar-refractivity contribution in [2.24, 2.45) is 23.2 Å². The highest BCUT2D eigenvalue weighted by Crippen LogP contribution is 2.61. The molecule has 5 fully saturated rings. The average Bonchev–Trinajstić information content (AvgIpc) is 2.71. The predicted molar refractivity (Wildman–Crippen MR) is 111 cm³/mol. The van der Waals surface area contributed by atoms with E-state index in [2.05, 4.69) is 34.3 Å². The summed E-state index contributed by atoms with van der Waals surface area (Å²) in [5, 5.41) is 3.51. The van der Waals surface area contributed by atoms with Crippen molar-refractivity contribution in [2.75, 3.05) is 31.1 Å². The van der Waals surface area contributed by atoms with Crippen LogP contribution in [-0.4, -0.2) is 48.1 Å². The van der Waals surface area contributed by atoms with Gasteiger partial charge in [-0.1, -0.05) is 6.92 Å². The molecule has 6 rings (SSSR count). The number of hydrogen-bond acceptors (Lipinski definition) is 3. The van der Waals surface area contributed by atoms with Crippen LogP contribution in [0.3, 0.4) is 0 Å². The number of pyridine rings is 1. The third-order valence-corrected chi connectivity index (χ3v) is 8.13. The lowest BCUT2D eigenvalue weighted by atomic mass is 9.47. The number of urea groups is 1. The monoisotopic (exact) mass is 382 g/mol. The van der Waals surface area contributed by atoms with Crippen molar-refractivity contribution >= 4 is 11.7 Å². The highest BCUT2D eigenvalue weighted by molar-refractivity contribution is 5.75. The second-order valence-electron chi connectivity index (χ2n) is 9.87. The maximum Gasteiger partial charge on any atom is 0.317 e. The topological polar surface area (TPSA) is 48.5 Å². The Balaban J connectivity index is 1.21. The molecule has 5 aliphatic rings. The zero-order valence-electron chi connectivity index (χ0n) is 17.1. The van der Waals surface area contributed by atoms with Gasteiger partial charge in [-0.25, -0.2) is 4.79 Å². The van der Waals surface area contributed by atoms with Crippen LogP contribution in [-0.2, 0) is 0 Å². The second-order valence-corrected chi connectivity index (χ2v) is 9.87. The van der Waals surface area contributed by atoms with Gasteiger partial charge in [-0.2, -0.15) is 0 Å². The normalized spacial score (nSPS) is 35.1. The summed E-state index contributed by atoms with van der Waals surface area (Å²) in [4.78, 5) is 21.6. The number of aromatic nitrogens is 1. The Bertz CT molecular complexity index is 663. The predicted octanol–water partition coefficient (Wildman–Crippen LogP) is 3.91. The molecular formula is C23H34N4O. The van der Waals surface area contributed by atoms with E-state index in [0.717, 1.165) is 50.4 Å². The van der Waals surface area contributed by atoms with Gasteiger partial charge in [-0.15, -0.1) is 0 Å². The minimum atomic E-state index is 0.164. The number of nitrogens with one attached hydrogen (secondary N) is 1. The largest absolute Gasteiger partial charge is 0.368 e. The van der Waals surface area contributed by atoms with Crippen molar-refractivity contribution in [3.05, 3.63) is 24.5 Å². The second kappa shape index (κ2) is 7.23. The fourth-order valence-corrected chi connectivity index (χ4v) is 7.26. The molecule has 0 aromatic carbocycles. The summed E-state index contributed by atoms with van der Waals surface area (Å²) < 4.78 is 0. The molecule has 152 valence electrons. The Morgan fingerprint density at radius 1 is 1.07 bits per heavy atom. The highest BCUT2D eigenvalue weighted by atomic mass is 16.2. The Morgan fingerprint density at radius 3 is 2.18 bits per heavy atom. The Morgan fingerprint density at radius 2 is 1.64 bits per heavy atom. The van der Waals surface area contributed by atoms with E-state index in [4.69, 9.17) is 0 Å². The van der Waals surface area contributed by atoms with Crippen LogP contribution >= 0.6 is 0 Å². The molecular weight excluding hydrogens is 348 g/mol. The number of rotatable bonds is 4. The zero-order valence-corrected chi connectivity index (χ0v) is 17.1. The van der Waals surface area contributed by atoms with Crippen molar-refractivity contribution in [2.45, 2.75) is 57.9 Å². The molecule has 5 nitrogen and oxygen atoms in total. The zero-order chi connectivity index (χ0) is 19.1. The molecule has 0 radical (unpaired) electrons. The van der Waals surface area contributed by atoms with E-state index in [9.17, 15) is 4.79 Å². The van der Waals surface area contributed by atoms with E-state index in [1.807, 2.05) is 17.3 Å². The molecule has 28 heavy (non-hydrogen) atoms. The fraction of sp³-hybridized carbons (Fsp3) is 0.739. The number of carbonyl (C=O) groups is 1.